The van der Waals surface area contributed by atoms with E-state index in [-0.39, 0.29) is 0 Å². The van der Waals surface area contributed by atoms with Crippen LogP contribution in [0.25, 0.3) is 0 Å². The van der Waals surface area contributed by atoms with E-state index < -0.39 is 6.10 Å². The van der Waals surface area contributed by atoms with E-state index in [0.29, 0.717) is 6.42 Å². The van der Waals surface area contributed by atoms with Gasteiger partial charge in [-0.05, 0) is 36.1 Å². The molecule has 0 aliphatic carbocycles. The Morgan fingerprint density at radius 1 is 1.18 bits per heavy atom. The lowest BCUT2D eigenvalue weighted by molar-refractivity contribution is 0.165. The average molecular weight is 230 g/mol. The Morgan fingerprint density at radius 2 is 1.94 bits per heavy atom. The van der Waals surface area contributed by atoms with Gasteiger partial charge in [0, 0.05) is 6.42 Å². The summed E-state index contributed by atoms with van der Waals surface area (Å²) in [5.41, 5.74) is 2.28. The second kappa shape index (κ2) is 5.69. The minimum absolute atomic E-state index is 0.411. The maximum atomic E-state index is 10.0. The molecule has 2 aromatic rings. The number of rotatable bonds is 5. The zero-order chi connectivity index (χ0) is 12.1. The second-order valence-electron chi connectivity index (χ2n) is 4.23. The van der Waals surface area contributed by atoms with Crippen LogP contribution in [0.2, 0.25) is 0 Å². The van der Waals surface area contributed by atoms with E-state index in [1.165, 1.54) is 5.56 Å². The molecule has 1 N–H and O–H groups in total. The minimum Gasteiger partial charge on any atom is -0.469 e. The molecule has 90 valence electrons. The lowest BCUT2D eigenvalue weighted by Crippen LogP contribution is -1.99. The van der Waals surface area contributed by atoms with Gasteiger partial charge < -0.3 is 9.52 Å². The third kappa shape index (κ3) is 3.21. The number of aliphatic hydroxyl groups excluding tert-OH is 1. The second-order valence-corrected chi connectivity index (χ2v) is 4.23. The molecule has 0 radical (unpaired) electrons. The van der Waals surface area contributed by atoms with Gasteiger partial charge in [0.05, 0.1) is 12.4 Å². The summed E-state index contributed by atoms with van der Waals surface area (Å²) in [6.45, 7) is 2.13. The topological polar surface area (TPSA) is 33.4 Å². The van der Waals surface area contributed by atoms with E-state index in [2.05, 4.69) is 19.1 Å². The summed E-state index contributed by atoms with van der Waals surface area (Å²) in [7, 11) is 0. The molecule has 1 atom stereocenters. The first-order valence-electron chi connectivity index (χ1n) is 6.09. The van der Waals surface area contributed by atoms with Crippen molar-refractivity contribution in [2.75, 3.05) is 0 Å². The number of aliphatic hydroxyl groups is 1. The molecule has 1 aromatic heterocycles. The van der Waals surface area contributed by atoms with Crippen molar-refractivity contribution in [3.8, 4) is 0 Å². The molecule has 2 rings (SSSR count). The van der Waals surface area contributed by atoms with Gasteiger partial charge in [-0.25, -0.2) is 0 Å². The van der Waals surface area contributed by atoms with Crippen molar-refractivity contribution in [2.45, 2.75) is 32.3 Å². The molecule has 0 bridgehead atoms. The fraction of sp³-hybridized carbons (Fsp3) is 0.333. The van der Waals surface area contributed by atoms with Crippen molar-refractivity contribution < 1.29 is 9.52 Å². The molecule has 0 spiro atoms. The lowest BCUT2D eigenvalue weighted by atomic mass is 10.0. The van der Waals surface area contributed by atoms with Gasteiger partial charge in [-0.2, -0.15) is 0 Å². The summed E-state index contributed by atoms with van der Waals surface area (Å²) < 4.78 is 5.25. The molecule has 1 unspecified atom stereocenters. The van der Waals surface area contributed by atoms with Gasteiger partial charge in [-0.15, -0.1) is 0 Å². The van der Waals surface area contributed by atoms with Crippen LogP contribution < -0.4 is 0 Å². The Kier molecular flexibility index (Phi) is 3.99. The highest BCUT2D eigenvalue weighted by Gasteiger charge is 2.08. The standard InChI is InChI=1S/C15H18O2/c1-2-12-5-7-13(8-6-12)15(16)10-9-14-4-3-11-17-14/h3-8,11,15-16H,2,9-10H2,1H3. The molecule has 2 heteroatoms. The molecular formula is C15H18O2. The highest BCUT2D eigenvalue weighted by Crippen LogP contribution is 2.19. The van der Waals surface area contributed by atoms with Crippen LogP contribution in [0.4, 0.5) is 0 Å². The van der Waals surface area contributed by atoms with Crippen LogP contribution in [-0.4, -0.2) is 5.11 Å². The van der Waals surface area contributed by atoms with Crippen molar-refractivity contribution in [1.82, 2.24) is 0 Å². The van der Waals surface area contributed by atoms with Crippen molar-refractivity contribution >= 4 is 0 Å². The van der Waals surface area contributed by atoms with E-state index in [0.717, 1.165) is 24.2 Å². The van der Waals surface area contributed by atoms with Crippen molar-refractivity contribution in [3.63, 3.8) is 0 Å². The number of benzene rings is 1. The van der Waals surface area contributed by atoms with Crippen LogP contribution in [-0.2, 0) is 12.8 Å². The maximum absolute atomic E-state index is 10.0. The number of furan rings is 1. The van der Waals surface area contributed by atoms with Crippen LogP contribution in [0.15, 0.2) is 47.1 Å². The largest absolute Gasteiger partial charge is 0.469 e. The highest BCUT2D eigenvalue weighted by molar-refractivity contribution is 5.24. The van der Waals surface area contributed by atoms with Gasteiger partial charge in [0.2, 0.25) is 0 Å². The Balaban J connectivity index is 1.92. The molecule has 0 saturated heterocycles. The van der Waals surface area contributed by atoms with Crippen LogP contribution in [0.5, 0.6) is 0 Å². The normalized spacial score (nSPS) is 12.6. The zero-order valence-electron chi connectivity index (χ0n) is 10.1. The van der Waals surface area contributed by atoms with E-state index >= 15 is 0 Å². The molecule has 0 saturated carbocycles. The molecule has 0 fully saturated rings. The molecule has 0 aliphatic rings. The monoisotopic (exact) mass is 230 g/mol. The smallest absolute Gasteiger partial charge is 0.103 e. The zero-order valence-corrected chi connectivity index (χ0v) is 10.1. The van der Waals surface area contributed by atoms with Crippen LogP contribution >= 0.6 is 0 Å². The Labute approximate surface area is 102 Å². The SMILES string of the molecule is CCc1ccc(C(O)CCc2ccco2)cc1. The van der Waals surface area contributed by atoms with E-state index in [9.17, 15) is 5.11 Å². The minimum atomic E-state index is -0.411. The summed E-state index contributed by atoms with van der Waals surface area (Å²) in [6, 6.07) is 12.0. The van der Waals surface area contributed by atoms with Crippen molar-refractivity contribution in [3.05, 3.63) is 59.5 Å². The van der Waals surface area contributed by atoms with Gasteiger partial charge in [0.25, 0.3) is 0 Å². The van der Waals surface area contributed by atoms with Gasteiger partial charge in [0.1, 0.15) is 5.76 Å². The molecule has 2 nitrogen and oxygen atoms in total. The summed E-state index contributed by atoms with van der Waals surface area (Å²) in [5, 5.41) is 10.0. The van der Waals surface area contributed by atoms with E-state index in [1.807, 2.05) is 24.3 Å². The van der Waals surface area contributed by atoms with Gasteiger partial charge in [0.15, 0.2) is 0 Å². The predicted molar refractivity (Wildman–Crippen MR) is 67.8 cm³/mol. The summed E-state index contributed by atoms with van der Waals surface area (Å²) in [5.74, 6) is 0.925. The van der Waals surface area contributed by atoms with Crippen molar-refractivity contribution in [1.29, 1.82) is 0 Å². The molecule has 0 aliphatic heterocycles. The Morgan fingerprint density at radius 3 is 2.53 bits per heavy atom. The van der Waals surface area contributed by atoms with E-state index in [4.69, 9.17) is 4.42 Å². The first kappa shape index (κ1) is 11.9. The maximum Gasteiger partial charge on any atom is 0.103 e. The van der Waals surface area contributed by atoms with Crippen molar-refractivity contribution in [2.24, 2.45) is 0 Å². The fourth-order valence-electron chi connectivity index (χ4n) is 1.88. The number of hydrogen-bond acceptors (Lipinski definition) is 2. The van der Waals surface area contributed by atoms with Gasteiger partial charge in [-0.3, -0.25) is 0 Å². The first-order valence-corrected chi connectivity index (χ1v) is 6.09. The number of hydrogen-bond donors (Lipinski definition) is 1. The summed E-state index contributed by atoms with van der Waals surface area (Å²) in [6.07, 6.45) is 3.74. The summed E-state index contributed by atoms with van der Waals surface area (Å²) in [4.78, 5) is 0. The van der Waals surface area contributed by atoms with Crippen LogP contribution in [0.1, 0.15) is 36.3 Å². The molecule has 1 heterocycles. The molecule has 0 amide bonds. The average Bonchev–Trinajstić information content (AvgIpc) is 2.89. The Hall–Kier alpha value is -1.54. The molecule has 1 aromatic carbocycles. The van der Waals surface area contributed by atoms with E-state index in [1.54, 1.807) is 6.26 Å². The molecular weight excluding hydrogens is 212 g/mol. The first-order chi connectivity index (χ1) is 8.29. The third-order valence-electron chi connectivity index (χ3n) is 3.02. The quantitative estimate of drug-likeness (QED) is 0.852. The Bertz CT molecular complexity index is 428. The van der Waals surface area contributed by atoms with Gasteiger partial charge >= 0.3 is 0 Å². The fourth-order valence-corrected chi connectivity index (χ4v) is 1.88. The van der Waals surface area contributed by atoms with Crippen LogP contribution in [0.3, 0.4) is 0 Å². The van der Waals surface area contributed by atoms with Crippen LogP contribution in [0, 0.1) is 0 Å². The highest BCUT2D eigenvalue weighted by atomic mass is 16.3. The third-order valence-corrected chi connectivity index (χ3v) is 3.02. The number of aryl methyl sites for hydroxylation is 2. The predicted octanol–water partition coefficient (Wildman–Crippen LogP) is 3.51. The van der Waals surface area contributed by atoms with Gasteiger partial charge in [-0.1, -0.05) is 31.2 Å². The lowest BCUT2D eigenvalue weighted by Gasteiger charge is -2.10. The molecule has 17 heavy (non-hydrogen) atoms. The summed E-state index contributed by atoms with van der Waals surface area (Å²) >= 11 is 0.